The molecule has 0 aliphatic carbocycles. The van der Waals surface area contributed by atoms with Gasteiger partial charge in [0.1, 0.15) is 0 Å². The summed E-state index contributed by atoms with van der Waals surface area (Å²) in [5.41, 5.74) is 2.50. The van der Waals surface area contributed by atoms with Gasteiger partial charge in [-0.15, -0.1) is 0 Å². The van der Waals surface area contributed by atoms with Crippen molar-refractivity contribution in [1.82, 2.24) is 10.3 Å². The number of aromatic nitrogens is 1. The van der Waals surface area contributed by atoms with Crippen LogP contribution < -0.4 is 10.2 Å². The lowest BCUT2D eigenvalue weighted by Gasteiger charge is -2.49. The molecule has 2 aromatic rings. The summed E-state index contributed by atoms with van der Waals surface area (Å²) in [6.45, 7) is 4.08. The van der Waals surface area contributed by atoms with Crippen LogP contribution in [0.25, 0.3) is 10.9 Å². The molecular formula is C18H20F3N3. The summed E-state index contributed by atoms with van der Waals surface area (Å²) < 4.78 is 38.1. The van der Waals surface area contributed by atoms with E-state index in [1.807, 2.05) is 6.07 Å². The molecule has 1 aromatic heterocycles. The molecule has 1 N–H and O–H groups in total. The molecule has 2 fully saturated rings. The number of halogens is 3. The number of pyridine rings is 1. The molecule has 2 aliphatic rings. The van der Waals surface area contributed by atoms with Crippen LogP contribution in [0.2, 0.25) is 0 Å². The van der Waals surface area contributed by atoms with Crippen molar-refractivity contribution in [2.45, 2.75) is 25.4 Å². The van der Waals surface area contributed by atoms with E-state index in [9.17, 15) is 13.2 Å². The van der Waals surface area contributed by atoms with Gasteiger partial charge in [0.15, 0.2) is 0 Å². The third-order valence-electron chi connectivity index (χ3n) is 5.35. The molecule has 0 unspecified atom stereocenters. The van der Waals surface area contributed by atoms with Crippen molar-refractivity contribution in [2.24, 2.45) is 5.41 Å². The molecule has 1 aromatic carbocycles. The Morgan fingerprint density at radius 3 is 2.50 bits per heavy atom. The molecule has 6 heteroatoms. The van der Waals surface area contributed by atoms with Gasteiger partial charge < -0.3 is 10.2 Å². The SMILES string of the molecule is FC(F)(F)Cc1ccc2nccc(N3CCC4(CC3)CNC4)c2c1. The lowest BCUT2D eigenvalue weighted by atomic mass is 9.73. The van der Waals surface area contributed by atoms with Gasteiger partial charge in [-0.3, -0.25) is 4.98 Å². The van der Waals surface area contributed by atoms with Gasteiger partial charge >= 0.3 is 6.18 Å². The van der Waals surface area contributed by atoms with E-state index < -0.39 is 12.6 Å². The van der Waals surface area contributed by atoms with Crippen LogP contribution in [0.4, 0.5) is 18.9 Å². The fraction of sp³-hybridized carbons (Fsp3) is 0.500. The van der Waals surface area contributed by atoms with Crippen molar-refractivity contribution < 1.29 is 13.2 Å². The van der Waals surface area contributed by atoms with Crippen molar-refractivity contribution in [3.05, 3.63) is 36.0 Å². The number of nitrogens with one attached hydrogen (secondary N) is 1. The number of hydrogen-bond acceptors (Lipinski definition) is 3. The largest absolute Gasteiger partial charge is 0.393 e. The van der Waals surface area contributed by atoms with Gasteiger partial charge in [-0.05, 0) is 42.0 Å². The zero-order valence-corrected chi connectivity index (χ0v) is 13.4. The highest BCUT2D eigenvalue weighted by Gasteiger charge is 2.39. The number of anilines is 1. The molecular weight excluding hydrogens is 315 g/mol. The Hall–Kier alpha value is -1.82. The monoisotopic (exact) mass is 335 g/mol. The number of piperidine rings is 1. The maximum absolute atomic E-state index is 12.7. The molecule has 128 valence electrons. The molecule has 24 heavy (non-hydrogen) atoms. The Balaban J connectivity index is 1.63. The molecule has 0 atom stereocenters. The first-order valence-corrected chi connectivity index (χ1v) is 8.34. The molecule has 3 nitrogen and oxygen atoms in total. The van der Waals surface area contributed by atoms with Gasteiger partial charge in [0.05, 0.1) is 11.9 Å². The Morgan fingerprint density at radius 2 is 1.88 bits per heavy atom. The van der Waals surface area contributed by atoms with E-state index in [0.717, 1.165) is 55.6 Å². The highest BCUT2D eigenvalue weighted by atomic mass is 19.4. The van der Waals surface area contributed by atoms with E-state index in [1.165, 1.54) is 6.07 Å². The van der Waals surface area contributed by atoms with E-state index in [2.05, 4.69) is 15.2 Å². The first-order valence-electron chi connectivity index (χ1n) is 8.34. The van der Waals surface area contributed by atoms with Crippen LogP contribution in [-0.4, -0.2) is 37.3 Å². The van der Waals surface area contributed by atoms with Crippen molar-refractivity contribution >= 4 is 16.6 Å². The first-order chi connectivity index (χ1) is 11.4. The second kappa shape index (κ2) is 5.62. The Morgan fingerprint density at radius 1 is 1.12 bits per heavy atom. The number of hydrogen-bond donors (Lipinski definition) is 1. The third-order valence-corrected chi connectivity index (χ3v) is 5.35. The number of alkyl halides is 3. The van der Waals surface area contributed by atoms with Crippen molar-refractivity contribution in [2.75, 3.05) is 31.1 Å². The maximum atomic E-state index is 12.7. The molecule has 2 aliphatic heterocycles. The quantitative estimate of drug-likeness (QED) is 0.910. The van der Waals surface area contributed by atoms with Crippen LogP contribution in [0.15, 0.2) is 30.5 Å². The zero-order chi connectivity index (χ0) is 16.8. The van der Waals surface area contributed by atoms with Crippen molar-refractivity contribution in [3.8, 4) is 0 Å². The molecule has 0 radical (unpaired) electrons. The van der Waals surface area contributed by atoms with Crippen LogP contribution in [0.5, 0.6) is 0 Å². The minimum atomic E-state index is -4.19. The van der Waals surface area contributed by atoms with Crippen LogP contribution in [0, 0.1) is 5.41 Å². The fourth-order valence-corrected chi connectivity index (χ4v) is 3.85. The summed E-state index contributed by atoms with van der Waals surface area (Å²) >= 11 is 0. The maximum Gasteiger partial charge on any atom is 0.393 e. The number of benzene rings is 1. The van der Waals surface area contributed by atoms with Crippen LogP contribution in [-0.2, 0) is 6.42 Å². The van der Waals surface area contributed by atoms with Gasteiger partial charge in [-0.25, -0.2) is 0 Å². The average molecular weight is 335 g/mol. The molecule has 3 heterocycles. The Labute approximate surface area is 138 Å². The Bertz CT molecular complexity index is 743. The van der Waals surface area contributed by atoms with Gasteiger partial charge in [0.2, 0.25) is 0 Å². The second-order valence-corrected chi connectivity index (χ2v) is 7.06. The van der Waals surface area contributed by atoms with Gasteiger partial charge in [0, 0.05) is 43.4 Å². The van der Waals surface area contributed by atoms with E-state index in [-0.39, 0.29) is 0 Å². The minimum absolute atomic E-state index is 0.293. The third kappa shape index (κ3) is 2.95. The first kappa shape index (κ1) is 15.7. The van der Waals surface area contributed by atoms with E-state index in [1.54, 1.807) is 18.3 Å². The Kier molecular flexibility index (Phi) is 3.67. The molecule has 0 bridgehead atoms. The minimum Gasteiger partial charge on any atom is -0.371 e. The zero-order valence-electron chi connectivity index (χ0n) is 13.4. The van der Waals surface area contributed by atoms with Crippen LogP contribution in [0.3, 0.4) is 0 Å². The number of fused-ring (bicyclic) bond motifs is 1. The standard InChI is InChI=1S/C18H20F3N3/c19-18(20,21)10-13-1-2-15-14(9-13)16(3-6-23-15)24-7-4-17(5-8-24)11-22-12-17/h1-3,6,9,22H,4-5,7-8,10-12H2. The van der Waals surface area contributed by atoms with Crippen LogP contribution in [0.1, 0.15) is 18.4 Å². The van der Waals surface area contributed by atoms with Crippen molar-refractivity contribution in [1.29, 1.82) is 0 Å². The highest BCUT2D eigenvalue weighted by molar-refractivity contribution is 5.92. The molecule has 2 saturated heterocycles. The van der Waals surface area contributed by atoms with E-state index >= 15 is 0 Å². The summed E-state index contributed by atoms with van der Waals surface area (Å²) in [6.07, 6.45) is -1.08. The number of nitrogens with zero attached hydrogens (tertiary/aromatic N) is 2. The van der Waals surface area contributed by atoms with Gasteiger partial charge in [0.25, 0.3) is 0 Å². The van der Waals surface area contributed by atoms with Crippen LogP contribution >= 0.6 is 0 Å². The van der Waals surface area contributed by atoms with Gasteiger partial charge in [-0.1, -0.05) is 6.07 Å². The lowest BCUT2D eigenvalue weighted by Crippen LogP contribution is -2.58. The molecule has 0 saturated carbocycles. The normalized spacial score (nSPS) is 20.4. The predicted molar refractivity (Wildman–Crippen MR) is 88.3 cm³/mol. The molecule has 1 spiro atoms. The lowest BCUT2D eigenvalue weighted by molar-refractivity contribution is -0.127. The smallest absolute Gasteiger partial charge is 0.371 e. The molecule has 4 rings (SSSR count). The highest BCUT2D eigenvalue weighted by Crippen LogP contribution is 2.38. The van der Waals surface area contributed by atoms with Gasteiger partial charge in [-0.2, -0.15) is 13.2 Å². The van der Waals surface area contributed by atoms with Crippen molar-refractivity contribution in [3.63, 3.8) is 0 Å². The summed E-state index contributed by atoms with van der Waals surface area (Å²) in [4.78, 5) is 6.61. The fourth-order valence-electron chi connectivity index (χ4n) is 3.85. The van der Waals surface area contributed by atoms with E-state index in [0.29, 0.717) is 11.0 Å². The second-order valence-electron chi connectivity index (χ2n) is 7.06. The summed E-state index contributed by atoms with van der Waals surface area (Å²) in [6, 6.07) is 6.80. The number of rotatable bonds is 2. The topological polar surface area (TPSA) is 28.2 Å². The summed E-state index contributed by atoms with van der Waals surface area (Å²) in [5.74, 6) is 0. The summed E-state index contributed by atoms with van der Waals surface area (Å²) in [7, 11) is 0. The molecule has 0 amide bonds. The average Bonchev–Trinajstić information content (AvgIpc) is 2.51. The summed E-state index contributed by atoms with van der Waals surface area (Å²) in [5, 5.41) is 4.17. The predicted octanol–water partition coefficient (Wildman–Crippen LogP) is 3.53. The van der Waals surface area contributed by atoms with E-state index in [4.69, 9.17) is 0 Å².